The van der Waals surface area contributed by atoms with E-state index in [4.69, 9.17) is 9.47 Å². The van der Waals surface area contributed by atoms with Crippen LogP contribution in [0.1, 0.15) is 37.3 Å². The Labute approximate surface area is 185 Å². The number of aliphatic imine (C=N–C) groups is 1. The quantitative estimate of drug-likeness (QED) is 0.570. The summed E-state index contributed by atoms with van der Waals surface area (Å²) in [5.74, 6) is 2.51. The zero-order valence-electron chi connectivity index (χ0n) is 18.6. The van der Waals surface area contributed by atoms with Crippen LogP contribution in [0.5, 0.6) is 11.5 Å². The number of piperidine rings is 1. The van der Waals surface area contributed by atoms with Gasteiger partial charge in [0.2, 0.25) is 0 Å². The molecule has 0 radical (unpaired) electrons. The molecule has 2 aliphatic rings. The number of benzene rings is 2. The van der Waals surface area contributed by atoms with Crippen LogP contribution in [-0.4, -0.2) is 49.7 Å². The summed E-state index contributed by atoms with van der Waals surface area (Å²) in [6, 6.07) is 17.8. The van der Waals surface area contributed by atoms with E-state index in [9.17, 15) is 0 Å². The van der Waals surface area contributed by atoms with E-state index in [1.54, 1.807) is 0 Å². The molecule has 6 heteroatoms. The summed E-state index contributed by atoms with van der Waals surface area (Å²) in [7, 11) is 1.83. The minimum absolute atomic E-state index is 0.428. The first kappa shape index (κ1) is 21.5. The lowest BCUT2D eigenvalue weighted by Gasteiger charge is -2.38. The average Bonchev–Trinajstić information content (AvgIpc) is 3.04. The van der Waals surface area contributed by atoms with Crippen molar-refractivity contribution in [2.24, 2.45) is 4.99 Å². The van der Waals surface area contributed by atoms with Crippen LogP contribution in [0.15, 0.2) is 53.5 Å². The van der Waals surface area contributed by atoms with Gasteiger partial charge in [0.05, 0.1) is 13.2 Å². The molecule has 2 aliphatic heterocycles. The van der Waals surface area contributed by atoms with Crippen molar-refractivity contribution in [1.29, 1.82) is 0 Å². The normalized spacial score (nSPS) is 21.9. The lowest BCUT2D eigenvalue weighted by atomic mass is 9.97. The molecule has 2 N–H and O–H groups in total. The monoisotopic (exact) mass is 422 g/mol. The molecule has 6 nitrogen and oxygen atoms in total. The lowest BCUT2D eigenvalue weighted by molar-refractivity contribution is 0.134. The fraction of sp³-hybridized carbons (Fsp3) is 0.480. The first-order valence-corrected chi connectivity index (χ1v) is 11.3. The highest BCUT2D eigenvalue weighted by Crippen LogP contribution is 2.30. The molecule has 2 atom stereocenters. The van der Waals surface area contributed by atoms with Gasteiger partial charge in [-0.2, -0.15) is 0 Å². The fourth-order valence-corrected chi connectivity index (χ4v) is 4.30. The molecule has 0 spiro atoms. The smallest absolute Gasteiger partial charge is 0.191 e. The van der Waals surface area contributed by atoms with Crippen molar-refractivity contribution in [3.63, 3.8) is 0 Å². The second kappa shape index (κ2) is 10.5. The number of hydrogen-bond donors (Lipinski definition) is 2. The number of hydrogen-bond acceptors (Lipinski definition) is 4. The Bertz CT molecular complexity index is 871. The van der Waals surface area contributed by atoms with E-state index in [1.165, 1.54) is 5.56 Å². The van der Waals surface area contributed by atoms with Crippen molar-refractivity contribution in [2.45, 2.75) is 51.4 Å². The molecular formula is C25H34N4O2. The predicted molar refractivity (Wildman–Crippen MR) is 125 cm³/mol. The van der Waals surface area contributed by atoms with Crippen LogP contribution in [0.3, 0.4) is 0 Å². The second-order valence-corrected chi connectivity index (χ2v) is 8.43. The minimum Gasteiger partial charge on any atom is -0.490 e. The topological polar surface area (TPSA) is 58.1 Å². The van der Waals surface area contributed by atoms with Crippen LogP contribution in [0.2, 0.25) is 0 Å². The van der Waals surface area contributed by atoms with Gasteiger partial charge in [0.15, 0.2) is 17.5 Å². The average molecular weight is 423 g/mol. The van der Waals surface area contributed by atoms with E-state index in [0.29, 0.717) is 31.8 Å². The summed E-state index contributed by atoms with van der Waals surface area (Å²) >= 11 is 0. The Morgan fingerprint density at radius 3 is 2.65 bits per heavy atom. The number of rotatable bonds is 5. The Hall–Kier alpha value is -2.73. The predicted octanol–water partition coefficient (Wildman–Crippen LogP) is 3.57. The molecule has 31 heavy (non-hydrogen) atoms. The van der Waals surface area contributed by atoms with Gasteiger partial charge in [-0.1, -0.05) is 36.4 Å². The zero-order chi connectivity index (χ0) is 21.5. The summed E-state index contributed by atoms with van der Waals surface area (Å²) in [5, 5.41) is 7.07. The third-order valence-corrected chi connectivity index (χ3v) is 6.08. The Kier molecular flexibility index (Phi) is 7.30. The van der Waals surface area contributed by atoms with Crippen molar-refractivity contribution in [3.8, 4) is 11.5 Å². The number of ether oxygens (including phenoxy) is 2. The first-order chi connectivity index (χ1) is 15.2. The molecule has 2 unspecified atom stereocenters. The maximum absolute atomic E-state index is 5.80. The molecule has 0 saturated carbocycles. The molecule has 4 rings (SSSR count). The summed E-state index contributed by atoms with van der Waals surface area (Å²) in [5.41, 5.74) is 2.53. The van der Waals surface area contributed by atoms with Gasteiger partial charge in [-0.25, -0.2) is 0 Å². The molecular weight excluding hydrogens is 388 g/mol. The maximum Gasteiger partial charge on any atom is 0.191 e. The Balaban J connectivity index is 1.26. The molecule has 0 aromatic heterocycles. The summed E-state index contributed by atoms with van der Waals surface area (Å²) in [6.45, 7) is 6.54. The van der Waals surface area contributed by atoms with Crippen molar-refractivity contribution >= 4 is 5.96 Å². The molecule has 1 saturated heterocycles. The van der Waals surface area contributed by atoms with Crippen LogP contribution in [-0.2, 0) is 13.1 Å². The number of nitrogens with one attached hydrogen (secondary N) is 2. The van der Waals surface area contributed by atoms with Crippen molar-refractivity contribution < 1.29 is 9.47 Å². The number of guanidine groups is 1. The van der Waals surface area contributed by atoms with E-state index < -0.39 is 0 Å². The van der Waals surface area contributed by atoms with Crippen LogP contribution >= 0.6 is 0 Å². The molecule has 166 valence electrons. The van der Waals surface area contributed by atoms with Crippen molar-refractivity contribution in [2.75, 3.05) is 26.8 Å². The highest BCUT2D eigenvalue weighted by Gasteiger charge is 2.26. The number of fused-ring (bicyclic) bond motifs is 1. The standard InChI is InChI=1S/C25H34N4O2/c1-19-15-22(11-12-29(19)18-20-7-4-3-5-8-20)28-25(26-2)27-17-21-9-10-23-24(16-21)31-14-6-13-30-23/h3-5,7-10,16,19,22H,6,11-15,17-18H2,1-2H3,(H2,26,27,28). The summed E-state index contributed by atoms with van der Waals surface area (Å²) in [4.78, 5) is 7.01. The number of likely N-dealkylation sites (tertiary alicyclic amines) is 1. The van der Waals surface area contributed by atoms with Crippen LogP contribution in [0.25, 0.3) is 0 Å². The molecule has 0 bridgehead atoms. The molecule has 1 fully saturated rings. The van der Waals surface area contributed by atoms with Crippen molar-refractivity contribution in [1.82, 2.24) is 15.5 Å². The highest BCUT2D eigenvalue weighted by molar-refractivity contribution is 5.80. The van der Waals surface area contributed by atoms with Crippen LogP contribution in [0.4, 0.5) is 0 Å². The van der Waals surface area contributed by atoms with Gasteiger partial charge in [0.25, 0.3) is 0 Å². The van der Waals surface area contributed by atoms with E-state index in [0.717, 1.165) is 55.4 Å². The van der Waals surface area contributed by atoms with Gasteiger partial charge in [0.1, 0.15) is 0 Å². The summed E-state index contributed by atoms with van der Waals surface area (Å²) in [6.07, 6.45) is 3.14. The van der Waals surface area contributed by atoms with Gasteiger partial charge in [-0.05, 0) is 43.0 Å². The first-order valence-electron chi connectivity index (χ1n) is 11.3. The van der Waals surface area contributed by atoms with Gasteiger partial charge < -0.3 is 20.1 Å². The van der Waals surface area contributed by atoms with Gasteiger partial charge in [-0.3, -0.25) is 9.89 Å². The minimum atomic E-state index is 0.428. The molecule has 0 aliphatic carbocycles. The SMILES string of the molecule is CN=C(NCc1ccc2c(c1)OCCCO2)NC1CCN(Cc2ccccc2)C(C)C1. The number of nitrogens with zero attached hydrogens (tertiary/aromatic N) is 2. The van der Waals surface area contributed by atoms with E-state index >= 15 is 0 Å². The van der Waals surface area contributed by atoms with Crippen molar-refractivity contribution in [3.05, 3.63) is 59.7 Å². The van der Waals surface area contributed by atoms with Crippen LogP contribution < -0.4 is 20.1 Å². The molecule has 2 aromatic carbocycles. The largest absolute Gasteiger partial charge is 0.490 e. The van der Waals surface area contributed by atoms with E-state index in [-0.39, 0.29) is 0 Å². The van der Waals surface area contributed by atoms with Gasteiger partial charge >= 0.3 is 0 Å². The Morgan fingerprint density at radius 2 is 1.87 bits per heavy atom. The van der Waals surface area contributed by atoms with E-state index in [1.807, 2.05) is 13.1 Å². The molecule has 2 heterocycles. The second-order valence-electron chi connectivity index (χ2n) is 8.43. The van der Waals surface area contributed by atoms with Crippen LogP contribution in [0, 0.1) is 0 Å². The maximum atomic E-state index is 5.80. The highest BCUT2D eigenvalue weighted by atomic mass is 16.5. The van der Waals surface area contributed by atoms with Gasteiger partial charge in [0, 0.05) is 45.2 Å². The molecule has 2 aromatic rings. The molecule has 0 amide bonds. The summed E-state index contributed by atoms with van der Waals surface area (Å²) < 4.78 is 11.5. The Morgan fingerprint density at radius 1 is 1.06 bits per heavy atom. The van der Waals surface area contributed by atoms with Gasteiger partial charge in [-0.15, -0.1) is 0 Å². The fourth-order valence-electron chi connectivity index (χ4n) is 4.30. The lowest BCUT2D eigenvalue weighted by Crippen LogP contribution is -2.51. The third kappa shape index (κ3) is 5.91. The zero-order valence-corrected chi connectivity index (χ0v) is 18.6. The van der Waals surface area contributed by atoms with E-state index in [2.05, 4.69) is 69.9 Å². The third-order valence-electron chi connectivity index (χ3n) is 6.08.